The Kier molecular flexibility index (Phi) is 4.56. The first-order valence-electron chi connectivity index (χ1n) is 5.06. The molecule has 1 saturated heterocycles. The molecule has 1 aliphatic rings. The summed E-state index contributed by atoms with van der Waals surface area (Å²) in [5.41, 5.74) is 0.381. The molecule has 1 rings (SSSR count). The average Bonchev–Trinajstić information content (AvgIpc) is 2.16. The average molecular weight is 203 g/mol. The number of hydrogen-bond acceptors (Lipinski definition) is 3. The Morgan fingerprint density at radius 1 is 1.38 bits per heavy atom. The summed E-state index contributed by atoms with van der Waals surface area (Å²) in [6.45, 7) is 7.60. The van der Waals surface area contributed by atoms with Gasteiger partial charge >= 0.3 is 0 Å². The summed E-state index contributed by atoms with van der Waals surface area (Å²) in [5, 5.41) is 3.31. The van der Waals surface area contributed by atoms with Gasteiger partial charge in [0.1, 0.15) is 0 Å². The maximum absolute atomic E-state index is 5.36. The van der Waals surface area contributed by atoms with Crippen LogP contribution in [0, 0.1) is 11.3 Å². The summed E-state index contributed by atoms with van der Waals surface area (Å²) in [6.07, 6.45) is 2.42. The second kappa shape index (κ2) is 5.23. The molecule has 13 heavy (non-hydrogen) atoms. The van der Waals surface area contributed by atoms with Crippen LogP contribution in [0.2, 0.25) is 0 Å². The monoisotopic (exact) mass is 203 g/mol. The summed E-state index contributed by atoms with van der Waals surface area (Å²) in [6, 6.07) is 0. The van der Waals surface area contributed by atoms with Crippen molar-refractivity contribution in [3.63, 3.8) is 0 Å². The van der Waals surface area contributed by atoms with Gasteiger partial charge in [-0.2, -0.15) is 12.6 Å². The molecule has 0 saturated carbocycles. The molecule has 2 nitrogen and oxygen atoms in total. The van der Waals surface area contributed by atoms with E-state index >= 15 is 0 Å². The van der Waals surface area contributed by atoms with Crippen LogP contribution in [-0.4, -0.2) is 25.6 Å². The standard InChI is InChI=1S/C10H21NOS/c1-10(2,7-11-8-13)9-3-5-12-6-4-9/h9,11,13H,3-8H2,1-2H3. The van der Waals surface area contributed by atoms with Gasteiger partial charge in [-0.15, -0.1) is 0 Å². The predicted octanol–water partition coefficient (Wildman–Crippen LogP) is 1.92. The van der Waals surface area contributed by atoms with Crippen LogP contribution in [0.15, 0.2) is 0 Å². The van der Waals surface area contributed by atoms with Crippen LogP contribution in [0.25, 0.3) is 0 Å². The zero-order chi connectivity index (χ0) is 9.73. The Balaban J connectivity index is 2.36. The van der Waals surface area contributed by atoms with Crippen LogP contribution >= 0.6 is 12.6 Å². The lowest BCUT2D eigenvalue weighted by molar-refractivity contribution is 0.0233. The van der Waals surface area contributed by atoms with E-state index < -0.39 is 0 Å². The fraction of sp³-hybridized carbons (Fsp3) is 1.00. The number of thiol groups is 1. The summed E-state index contributed by atoms with van der Waals surface area (Å²) in [7, 11) is 0. The van der Waals surface area contributed by atoms with E-state index in [0.29, 0.717) is 5.41 Å². The fourth-order valence-corrected chi connectivity index (χ4v) is 2.11. The van der Waals surface area contributed by atoms with Crippen molar-refractivity contribution in [2.24, 2.45) is 11.3 Å². The van der Waals surface area contributed by atoms with Gasteiger partial charge in [0.2, 0.25) is 0 Å². The molecule has 0 aliphatic carbocycles. The van der Waals surface area contributed by atoms with Crippen LogP contribution in [0.4, 0.5) is 0 Å². The molecule has 0 radical (unpaired) electrons. The summed E-state index contributed by atoms with van der Waals surface area (Å²) in [4.78, 5) is 0. The number of ether oxygens (including phenoxy) is 1. The zero-order valence-corrected chi connectivity index (χ0v) is 9.57. The van der Waals surface area contributed by atoms with E-state index in [1.54, 1.807) is 0 Å². The third-order valence-electron chi connectivity index (χ3n) is 3.02. The van der Waals surface area contributed by atoms with Crippen molar-refractivity contribution in [2.75, 3.05) is 25.6 Å². The number of rotatable bonds is 4. The van der Waals surface area contributed by atoms with E-state index in [-0.39, 0.29) is 0 Å². The molecule has 1 fully saturated rings. The Morgan fingerprint density at radius 3 is 2.54 bits per heavy atom. The lowest BCUT2D eigenvalue weighted by atomic mass is 9.74. The van der Waals surface area contributed by atoms with Crippen molar-refractivity contribution in [1.82, 2.24) is 5.32 Å². The predicted molar refractivity (Wildman–Crippen MR) is 59.2 cm³/mol. The minimum absolute atomic E-state index is 0.381. The van der Waals surface area contributed by atoms with Gasteiger partial charge in [0.05, 0.1) is 0 Å². The van der Waals surface area contributed by atoms with E-state index in [9.17, 15) is 0 Å². The first kappa shape index (κ1) is 11.3. The quantitative estimate of drug-likeness (QED) is 0.538. The Hall–Kier alpha value is 0.270. The molecule has 0 amide bonds. The molecule has 0 spiro atoms. The second-order valence-electron chi connectivity index (χ2n) is 4.46. The maximum Gasteiger partial charge on any atom is 0.0468 e. The van der Waals surface area contributed by atoms with E-state index in [2.05, 4.69) is 31.8 Å². The molecule has 0 unspecified atom stereocenters. The molecular formula is C10H21NOS. The summed E-state index contributed by atoms with van der Waals surface area (Å²) < 4.78 is 5.36. The Bertz CT molecular complexity index is 144. The van der Waals surface area contributed by atoms with Gasteiger partial charge in [0.25, 0.3) is 0 Å². The highest BCUT2D eigenvalue weighted by molar-refractivity contribution is 7.80. The first-order valence-corrected chi connectivity index (χ1v) is 5.69. The van der Waals surface area contributed by atoms with E-state index in [0.717, 1.165) is 31.6 Å². The van der Waals surface area contributed by atoms with Crippen molar-refractivity contribution in [3.05, 3.63) is 0 Å². The lowest BCUT2D eigenvalue weighted by Crippen LogP contribution is -2.38. The first-order chi connectivity index (χ1) is 6.17. The Labute approximate surface area is 86.8 Å². The van der Waals surface area contributed by atoms with Crippen LogP contribution in [0.3, 0.4) is 0 Å². The third-order valence-corrected chi connectivity index (χ3v) is 3.24. The third kappa shape index (κ3) is 3.49. The fourth-order valence-electron chi connectivity index (χ4n) is 2.00. The van der Waals surface area contributed by atoms with Crippen LogP contribution in [-0.2, 0) is 4.74 Å². The number of hydrogen-bond donors (Lipinski definition) is 2. The molecule has 0 bridgehead atoms. The van der Waals surface area contributed by atoms with Gasteiger partial charge in [0.15, 0.2) is 0 Å². The van der Waals surface area contributed by atoms with Crippen molar-refractivity contribution >= 4 is 12.6 Å². The highest BCUT2D eigenvalue weighted by atomic mass is 32.1. The van der Waals surface area contributed by atoms with E-state index in [4.69, 9.17) is 4.74 Å². The van der Waals surface area contributed by atoms with Crippen LogP contribution < -0.4 is 5.32 Å². The van der Waals surface area contributed by atoms with Gasteiger partial charge < -0.3 is 10.1 Å². The summed E-state index contributed by atoms with van der Waals surface area (Å²) in [5.74, 6) is 1.57. The maximum atomic E-state index is 5.36. The van der Waals surface area contributed by atoms with E-state index in [1.807, 2.05) is 0 Å². The lowest BCUT2D eigenvalue weighted by Gasteiger charge is -2.37. The largest absolute Gasteiger partial charge is 0.381 e. The molecule has 0 aromatic carbocycles. The van der Waals surface area contributed by atoms with Crippen molar-refractivity contribution < 1.29 is 4.74 Å². The molecule has 0 aromatic heterocycles. The van der Waals surface area contributed by atoms with E-state index in [1.165, 1.54) is 12.8 Å². The number of nitrogens with one attached hydrogen (secondary N) is 1. The normalized spacial score (nSPS) is 20.5. The molecule has 1 N–H and O–H groups in total. The van der Waals surface area contributed by atoms with Gasteiger partial charge in [-0.05, 0) is 24.2 Å². The van der Waals surface area contributed by atoms with Gasteiger partial charge in [0, 0.05) is 25.6 Å². The molecule has 0 aromatic rings. The minimum Gasteiger partial charge on any atom is -0.381 e. The van der Waals surface area contributed by atoms with Crippen molar-refractivity contribution in [1.29, 1.82) is 0 Å². The van der Waals surface area contributed by atoms with Gasteiger partial charge in [-0.1, -0.05) is 13.8 Å². The van der Waals surface area contributed by atoms with Crippen molar-refractivity contribution in [3.8, 4) is 0 Å². The van der Waals surface area contributed by atoms with Gasteiger partial charge in [-0.25, -0.2) is 0 Å². The summed E-state index contributed by atoms with van der Waals surface area (Å²) >= 11 is 4.16. The van der Waals surface area contributed by atoms with Gasteiger partial charge in [-0.3, -0.25) is 0 Å². The molecule has 1 aliphatic heterocycles. The molecule has 1 heterocycles. The molecule has 3 heteroatoms. The highest BCUT2D eigenvalue weighted by Crippen LogP contribution is 2.33. The Morgan fingerprint density at radius 2 is 2.00 bits per heavy atom. The van der Waals surface area contributed by atoms with Crippen LogP contribution in [0.5, 0.6) is 0 Å². The van der Waals surface area contributed by atoms with Crippen LogP contribution in [0.1, 0.15) is 26.7 Å². The zero-order valence-electron chi connectivity index (χ0n) is 8.68. The molecule has 0 atom stereocenters. The molecule has 78 valence electrons. The molecular weight excluding hydrogens is 182 g/mol. The topological polar surface area (TPSA) is 21.3 Å². The second-order valence-corrected chi connectivity index (χ2v) is 4.78. The van der Waals surface area contributed by atoms with Crippen molar-refractivity contribution in [2.45, 2.75) is 26.7 Å². The highest BCUT2D eigenvalue weighted by Gasteiger charge is 2.30. The smallest absolute Gasteiger partial charge is 0.0468 e. The minimum atomic E-state index is 0.381. The SMILES string of the molecule is CC(C)(CNCS)C1CCOCC1.